The lowest BCUT2D eigenvalue weighted by atomic mass is 9.98. The monoisotopic (exact) mass is 265 g/mol. The molecule has 1 aromatic rings. The van der Waals surface area contributed by atoms with E-state index < -0.39 is 0 Å². The zero-order valence-corrected chi connectivity index (χ0v) is 12.3. The molecule has 0 amide bonds. The summed E-state index contributed by atoms with van der Waals surface area (Å²) in [5.74, 6) is 0.942. The van der Waals surface area contributed by atoms with Crippen LogP contribution in [0.2, 0.25) is 5.02 Å². The van der Waals surface area contributed by atoms with Gasteiger partial charge in [0.1, 0.15) is 0 Å². The molecule has 1 aromatic carbocycles. The summed E-state index contributed by atoms with van der Waals surface area (Å²) in [7, 11) is 0. The Morgan fingerprint density at radius 1 is 1.22 bits per heavy atom. The van der Waals surface area contributed by atoms with Gasteiger partial charge in [-0.1, -0.05) is 43.9 Å². The van der Waals surface area contributed by atoms with Crippen molar-refractivity contribution in [3.63, 3.8) is 0 Å². The minimum atomic E-state index is 0.624. The van der Waals surface area contributed by atoms with Crippen LogP contribution in [-0.4, -0.2) is 6.04 Å². The second kappa shape index (κ2) is 6.47. The second-order valence-electron chi connectivity index (χ2n) is 5.58. The maximum Gasteiger partial charge on any atom is 0.0426 e. The molecule has 100 valence electrons. The van der Waals surface area contributed by atoms with Crippen LogP contribution in [0.5, 0.6) is 0 Å². The first-order chi connectivity index (χ1) is 8.69. The largest absolute Gasteiger partial charge is 0.382 e. The Labute approximate surface area is 116 Å². The maximum atomic E-state index is 6.07. The first-order valence-corrected chi connectivity index (χ1v) is 7.59. The minimum absolute atomic E-state index is 0.624. The van der Waals surface area contributed by atoms with Gasteiger partial charge in [0.05, 0.1) is 0 Å². The SMILES string of the molecule is CCC1CCCC(Nc2cc(Cl)ccc2C)CC1. The normalized spacial score (nSPS) is 24.6. The number of nitrogens with one attached hydrogen (secondary N) is 1. The van der Waals surface area contributed by atoms with Crippen LogP contribution in [-0.2, 0) is 0 Å². The van der Waals surface area contributed by atoms with Crippen LogP contribution in [0.1, 0.15) is 51.0 Å². The summed E-state index contributed by atoms with van der Waals surface area (Å²) in [5, 5.41) is 4.51. The summed E-state index contributed by atoms with van der Waals surface area (Å²) in [6.07, 6.45) is 8.06. The van der Waals surface area contributed by atoms with E-state index in [9.17, 15) is 0 Å². The van der Waals surface area contributed by atoms with Gasteiger partial charge in [-0.15, -0.1) is 0 Å². The topological polar surface area (TPSA) is 12.0 Å². The van der Waals surface area contributed by atoms with Gasteiger partial charge in [0, 0.05) is 16.8 Å². The molecule has 0 bridgehead atoms. The third-order valence-corrected chi connectivity index (χ3v) is 4.46. The Bertz CT molecular complexity index is 389. The quantitative estimate of drug-likeness (QED) is 0.720. The summed E-state index contributed by atoms with van der Waals surface area (Å²) in [6, 6.07) is 6.73. The zero-order valence-electron chi connectivity index (χ0n) is 11.5. The van der Waals surface area contributed by atoms with Crippen molar-refractivity contribution < 1.29 is 0 Å². The van der Waals surface area contributed by atoms with Crippen molar-refractivity contribution in [2.24, 2.45) is 5.92 Å². The van der Waals surface area contributed by atoms with E-state index in [4.69, 9.17) is 11.6 Å². The predicted molar refractivity (Wildman–Crippen MR) is 80.5 cm³/mol. The van der Waals surface area contributed by atoms with Gasteiger partial charge in [0.15, 0.2) is 0 Å². The van der Waals surface area contributed by atoms with Crippen molar-refractivity contribution in [2.75, 3.05) is 5.32 Å². The summed E-state index contributed by atoms with van der Waals surface area (Å²) >= 11 is 6.07. The second-order valence-corrected chi connectivity index (χ2v) is 6.02. The highest BCUT2D eigenvalue weighted by Crippen LogP contribution is 2.29. The molecule has 0 heterocycles. The molecule has 0 aliphatic heterocycles. The number of rotatable bonds is 3. The highest BCUT2D eigenvalue weighted by atomic mass is 35.5. The van der Waals surface area contributed by atoms with Gasteiger partial charge in [-0.05, 0) is 49.8 Å². The lowest BCUT2D eigenvalue weighted by molar-refractivity contribution is 0.444. The highest BCUT2D eigenvalue weighted by molar-refractivity contribution is 6.30. The van der Waals surface area contributed by atoms with Gasteiger partial charge < -0.3 is 5.32 Å². The van der Waals surface area contributed by atoms with Crippen LogP contribution in [0.4, 0.5) is 5.69 Å². The van der Waals surface area contributed by atoms with E-state index in [0.29, 0.717) is 6.04 Å². The molecule has 1 aliphatic carbocycles. The third kappa shape index (κ3) is 3.65. The summed E-state index contributed by atoms with van der Waals surface area (Å²) in [6.45, 7) is 4.46. The molecule has 2 heteroatoms. The Kier molecular flexibility index (Phi) is 4.94. The molecule has 0 saturated heterocycles. The van der Waals surface area contributed by atoms with Crippen LogP contribution in [0, 0.1) is 12.8 Å². The van der Waals surface area contributed by atoms with E-state index in [0.717, 1.165) is 10.9 Å². The van der Waals surface area contributed by atoms with Crippen molar-refractivity contribution in [3.8, 4) is 0 Å². The minimum Gasteiger partial charge on any atom is -0.382 e. The number of hydrogen-bond acceptors (Lipinski definition) is 1. The van der Waals surface area contributed by atoms with Crippen LogP contribution in [0.3, 0.4) is 0 Å². The predicted octanol–water partition coefficient (Wildman–Crippen LogP) is 5.42. The van der Waals surface area contributed by atoms with E-state index in [-0.39, 0.29) is 0 Å². The Balaban J connectivity index is 1.98. The third-order valence-electron chi connectivity index (χ3n) is 4.22. The number of halogens is 1. The Morgan fingerprint density at radius 3 is 2.83 bits per heavy atom. The fourth-order valence-corrected chi connectivity index (χ4v) is 3.07. The summed E-state index contributed by atoms with van der Waals surface area (Å²) < 4.78 is 0. The molecule has 2 rings (SSSR count). The van der Waals surface area contributed by atoms with E-state index in [2.05, 4.69) is 31.3 Å². The lowest BCUT2D eigenvalue weighted by Crippen LogP contribution is -2.19. The van der Waals surface area contributed by atoms with Crippen molar-refractivity contribution in [1.29, 1.82) is 0 Å². The molecule has 1 fully saturated rings. The van der Waals surface area contributed by atoms with E-state index in [1.54, 1.807) is 0 Å². The van der Waals surface area contributed by atoms with Crippen molar-refractivity contribution in [3.05, 3.63) is 28.8 Å². The van der Waals surface area contributed by atoms with Crippen LogP contribution < -0.4 is 5.32 Å². The average molecular weight is 266 g/mol. The van der Waals surface area contributed by atoms with Gasteiger partial charge in [0.25, 0.3) is 0 Å². The summed E-state index contributed by atoms with van der Waals surface area (Å²) in [4.78, 5) is 0. The van der Waals surface area contributed by atoms with Gasteiger partial charge in [-0.25, -0.2) is 0 Å². The number of anilines is 1. The van der Waals surface area contributed by atoms with Crippen LogP contribution in [0.15, 0.2) is 18.2 Å². The Hall–Kier alpha value is -0.690. The number of aryl methyl sites for hydroxylation is 1. The fourth-order valence-electron chi connectivity index (χ4n) is 2.90. The first-order valence-electron chi connectivity index (χ1n) is 7.21. The molecule has 1 saturated carbocycles. The molecule has 1 N–H and O–H groups in total. The van der Waals surface area contributed by atoms with Gasteiger partial charge in [-0.2, -0.15) is 0 Å². The molecular formula is C16H24ClN. The molecule has 2 unspecified atom stereocenters. The van der Waals surface area contributed by atoms with Crippen molar-refractivity contribution in [1.82, 2.24) is 0 Å². The fraction of sp³-hybridized carbons (Fsp3) is 0.625. The van der Waals surface area contributed by atoms with Gasteiger partial charge in [0.2, 0.25) is 0 Å². The van der Waals surface area contributed by atoms with Crippen molar-refractivity contribution >= 4 is 17.3 Å². The van der Waals surface area contributed by atoms with E-state index in [1.807, 2.05) is 6.07 Å². The van der Waals surface area contributed by atoms with E-state index in [1.165, 1.54) is 49.8 Å². The van der Waals surface area contributed by atoms with Crippen LogP contribution >= 0.6 is 11.6 Å². The maximum absolute atomic E-state index is 6.07. The molecular weight excluding hydrogens is 242 g/mol. The van der Waals surface area contributed by atoms with E-state index >= 15 is 0 Å². The molecule has 0 radical (unpaired) electrons. The molecule has 18 heavy (non-hydrogen) atoms. The average Bonchev–Trinajstić information content (AvgIpc) is 2.59. The van der Waals surface area contributed by atoms with Crippen molar-refractivity contribution in [2.45, 2.75) is 58.4 Å². The molecule has 2 atom stereocenters. The summed E-state index contributed by atoms with van der Waals surface area (Å²) in [5.41, 5.74) is 2.50. The van der Waals surface area contributed by atoms with Gasteiger partial charge in [-0.3, -0.25) is 0 Å². The van der Waals surface area contributed by atoms with Gasteiger partial charge >= 0.3 is 0 Å². The number of benzene rings is 1. The van der Waals surface area contributed by atoms with Crippen LogP contribution in [0.25, 0.3) is 0 Å². The lowest BCUT2D eigenvalue weighted by Gasteiger charge is -2.19. The highest BCUT2D eigenvalue weighted by Gasteiger charge is 2.18. The number of hydrogen-bond donors (Lipinski definition) is 1. The molecule has 1 nitrogen and oxygen atoms in total. The molecule has 0 aromatic heterocycles. The Morgan fingerprint density at radius 2 is 2.06 bits per heavy atom. The molecule has 0 spiro atoms. The molecule has 1 aliphatic rings. The first kappa shape index (κ1) is 13.7. The smallest absolute Gasteiger partial charge is 0.0426 e. The standard InChI is InChI=1S/C16H24ClN/c1-3-13-5-4-6-15(10-8-13)18-16-11-14(17)9-7-12(16)2/h7,9,11,13,15,18H,3-6,8,10H2,1-2H3. The zero-order chi connectivity index (χ0) is 13.0.